The van der Waals surface area contributed by atoms with Gasteiger partial charge in [0.2, 0.25) is 0 Å². The highest BCUT2D eigenvalue weighted by molar-refractivity contribution is 5.94. The molecule has 3 aromatic rings. The zero-order valence-electron chi connectivity index (χ0n) is 20.5. The third-order valence-electron chi connectivity index (χ3n) is 7.86. The predicted octanol–water partition coefficient (Wildman–Crippen LogP) is 6.42. The molecule has 1 aromatic heterocycles. The molecular weight excluding hydrogens is 439 g/mol. The molecule has 2 aliphatic rings. The Balaban J connectivity index is 1.43. The molecule has 2 atom stereocenters. The fraction of sp³-hybridized carbons (Fsp3) is 0.433. The molecule has 0 bridgehead atoms. The SMILES string of the molecule is Cc1ccccc1C1CN(Cc2ccco2)CC1CN(C(=O)c1ccc(F)cc1)C1CCCCC1. The van der Waals surface area contributed by atoms with Crippen LogP contribution in [0.5, 0.6) is 0 Å². The molecule has 1 aliphatic heterocycles. The number of furan rings is 1. The molecule has 0 spiro atoms. The lowest BCUT2D eigenvalue weighted by Gasteiger charge is -2.37. The van der Waals surface area contributed by atoms with Crippen LogP contribution in [0.3, 0.4) is 0 Å². The fourth-order valence-electron chi connectivity index (χ4n) is 6.05. The highest BCUT2D eigenvalue weighted by atomic mass is 19.1. The molecule has 0 radical (unpaired) electrons. The molecule has 4 nitrogen and oxygen atoms in total. The molecule has 35 heavy (non-hydrogen) atoms. The lowest BCUT2D eigenvalue weighted by molar-refractivity contribution is 0.0587. The summed E-state index contributed by atoms with van der Waals surface area (Å²) in [5.74, 6) is 1.36. The van der Waals surface area contributed by atoms with E-state index in [0.717, 1.165) is 51.1 Å². The Morgan fingerprint density at radius 2 is 1.77 bits per heavy atom. The molecule has 2 unspecified atom stereocenters. The number of amides is 1. The van der Waals surface area contributed by atoms with Gasteiger partial charge in [-0.1, -0.05) is 43.5 Å². The van der Waals surface area contributed by atoms with E-state index < -0.39 is 0 Å². The number of halogens is 1. The summed E-state index contributed by atoms with van der Waals surface area (Å²) >= 11 is 0. The van der Waals surface area contributed by atoms with Gasteiger partial charge in [0.05, 0.1) is 12.8 Å². The maximum Gasteiger partial charge on any atom is 0.254 e. The highest BCUT2D eigenvalue weighted by Crippen LogP contribution is 2.37. The highest BCUT2D eigenvalue weighted by Gasteiger charge is 2.38. The van der Waals surface area contributed by atoms with Gasteiger partial charge in [-0.2, -0.15) is 0 Å². The van der Waals surface area contributed by atoms with Gasteiger partial charge in [0.1, 0.15) is 11.6 Å². The van der Waals surface area contributed by atoms with Crippen molar-refractivity contribution >= 4 is 5.91 Å². The standard InChI is InChI=1S/C30H35FN2O2/c1-22-8-5-6-12-28(22)29-21-32(20-27-11-7-17-35-27)18-24(29)19-33(26-9-3-2-4-10-26)30(34)23-13-15-25(31)16-14-23/h5-8,11-17,24,26,29H,2-4,9-10,18-21H2,1H3. The number of rotatable bonds is 7. The molecule has 0 N–H and O–H groups in total. The van der Waals surface area contributed by atoms with E-state index in [1.165, 1.54) is 29.7 Å². The van der Waals surface area contributed by atoms with Gasteiger partial charge in [-0.25, -0.2) is 4.39 Å². The van der Waals surface area contributed by atoms with Crippen molar-refractivity contribution in [3.05, 3.63) is 95.2 Å². The number of hydrogen-bond acceptors (Lipinski definition) is 3. The first-order chi connectivity index (χ1) is 17.1. The maximum atomic E-state index is 13.8. The summed E-state index contributed by atoms with van der Waals surface area (Å²) in [6.45, 7) is 5.54. The summed E-state index contributed by atoms with van der Waals surface area (Å²) in [6.07, 6.45) is 7.38. The zero-order valence-corrected chi connectivity index (χ0v) is 20.5. The summed E-state index contributed by atoms with van der Waals surface area (Å²) in [7, 11) is 0. The molecule has 184 valence electrons. The van der Waals surface area contributed by atoms with Crippen LogP contribution in [0.1, 0.15) is 65.3 Å². The number of carbonyl (C=O) groups excluding carboxylic acids is 1. The van der Waals surface area contributed by atoms with Crippen LogP contribution in [0.4, 0.5) is 4.39 Å². The summed E-state index contributed by atoms with van der Waals surface area (Å²) < 4.78 is 19.2. The van der Waals surface area contributed by atoms with Crippen molar-refractivity contribution in [1.29, 1.82) is 0 Å². The van der Waals surface area contributed by atoms with Crippen LogP contribution in [0.2, 0.25) is 0 Å². The average molecular weight is 475 g/mol. The number of benzene rings is 2. The van der Waals surface area contributed by atoms with Gasteiger partial charge in [0.25, 0.3) is 5.91 Å². The van der Waals surface area contributed by atoms with E-state index in [-0.39, 0.29) is 17.8 Å². The van der Waals surface area contributed by atoms with Crippen LogP contribution in [0, 0.1) is 18.7 Å². The Kier molecular flexibility index (Phi) is 7.33. The van der Waals surface area contributed by atoms with E-state index in [1.807, 2.05) is 12.1 Å². The quantitative estimate of drug-likeness (QED) is 0.397. The molecular formula is C30H35FN2O2. The van der Waals surface area contributed by atoms with Crippen molar-refractivity contribution < 1.29 is 13.6 Å². The molecule has 2 fully saturated rings. The maximum absolute atomic E-state index is 13.8. The van der Waals surface area contributed by atoms with Crippen molar-refractivity contribution in [1.82, 2.24) is 9.80 Å². The topological polar surface area (TPSA) is 36.7 Å². The molecule has 1 aliphatic carbocycles. The monoisotopic (exact) mass is 474 g/mol. The van der Waals surface area contributed by atoms with Gasteiger partial charge >= 0.3 is 0 Å². The molecule has 1 saturated carbocycles. The molecule has 5 rings (SSSR count). The van der Waals surface area contributed by atoms with E-state index in [0.29, 0.717) is 23.9 Å². The van der Waals surface area contributed by atoms with Crippen LogP contribution < -0.4 is 0 Å². The van der Waals surface area contributed by atoms with Crippen LogP contribution >= 0.6 is 0 Å². The van der Waals surface area contributed by atoms with E-state index in [1.54, 1.807) is 18.4 Å². The number of nitrogens with zero attached hydrogens (tertiary/aromatic N) is 2. The van der Waals surface area contributed by atoms with E-state index in [9.17, 15) is 9.18 Å². The minimum Gasteiger partial charge on any atom is -0.468 e. The van der Waals surface area contributed by atoms with Crippen LogP contribution in [0.15, 0.2) is 71.3 Å². The van der Waals surface area contributed by atoms with Crippen molar-refractivity contribution in [2.24, 2.45) is 5.92 Å². The van der Waals surface area contributed by atoms with E-state index in [4.69, 9.17) is 4.42 Å². The van der Waals surface area contributed by atoms with Crippen molar-refractivity contribution in [2.75, 3.05) is 19.6 Å². The first-order valence-corrected chi connectivity index (χ1v) is 13.0. The predicted molar refractivity (Wildman–Crippen MR) is 136 cm³/mol. The Hall–Kier alpha value is -2.92. The van der Waals surface area contributed by atoms with E-state index in [2.05, 4.69) is 41.0 Å². The smallest absolute Gasteiger partial charge is 0.254 e. The summed E-state index contributed by atoms with van der Waals surface area (Å²) in [5, 5.41) is 0. The fourth-order valence-corrected chi connectivity index (χ4v) is 6.05. The number of likely N-dealkylation sites (tertiary alicyclic amines) is 1. The lowest BCUT2D eigenvalue weighted by atomic mass is 9.85. The van der Waals surface area contributed by atoms with Crippen LogP contribution in [-0.2, 0) is 6.54 Å². The largest absolute Gasteiger partial charge is 0.468 e. The average Bonchev–Trinajstić information content (AvgIpc) is 3.53. The Labute approximate surface area is 207 Å². The number of aryl methyl sites for hydroxylation is 1. The minimum absolute atomic E-state index is 0.0323. The summed E-state index contributed by atoms with van der Waals surface area (Å²) in [5.41, 5.74) is 3.25. The zero-order chi connectivity index (χ0) is 24.2. The second-order valence-electron chi connectivity index (χ2n) is 10.3. The van der Waals surface area contributed by atoms with Crippen LogP contribution in [0.25, 0.3) is 0 Å². The molecule has 1 saturated heterocycles. The third-order valence-corrected chi connectivity index (χ3v) is 7.86. The second-order valence-corrected chi connectivity index (χ2v) is 10.3. The molecule has 1 amide bonds. The third kappa shape index (κ3) is 5.51. The minimum atomic E-state index is -0.310. The van der Waals surface area contributed by atoms with Crippen LogP contribution in [-0.4, -0.2) is 41.4 Å². The molecule has 2 heterocycles. The normalized spacial score (nSPS) is 21.3. The van der Waals surface area contributed by atoms with Gasteiger partial charge < -0.3 is 9.32 Å². The Morgan fingerprint density at radius 3 is 2.49 bits per heavy atom. The van der Waals surface area contributed by atoms with Gasteiger partial charge in [0, 0.05) is 37.2 Å². The lowest BCUT2D eigenvalue weighted by Crippen LogP contribution is -2.45. The first-order valence-electron chi connectivity index (χ1n) is 13.0. The van der Waals surface area contributed by atoms with E-state index >= 15 is 0 Å². The van der Waals surface area contributed by atoms with Gasteiger partial charge in [-0.3, -0.25) is 9.69 Å². The van der Waals surface area contributed by atoms with Gasteiger partial charge in [-0.15, -0.1) is 0 Å². The molecule has 2 aromatic carbocycles. The van der Waals surface area contributed by atoms with Gasteiger partial charge in [-0.05, 0) is 73.2 Å². The Bertz CT molecular complexity index is 1110. The van der Waals surface area contributed by atoms with Crippen molar-refractivity contribution in [2.45, 2.75) is 57.5 Å². The molecule has 5 heteroatoms. The number of hydrogen-bond donors (Lipinski definition) is 0. The van der Waals surface area contributed by atoms with Crippen molar-refractivity contribution in [3.8, 4) is 0 Å². The number of carbonyl (C=O) groups is 1. The second kappa shape index (κ2) is 10.8. The van der Waals surface area contributed by atoms with Gasteiger partial charge in [0.15, 0.2) is 0 Å². The first kappa shape index (κ1) is 23.8. The Morgan fingerprint density at radius 1 is 1.00 bits per heavy atom. The van der Waals surface area contributed by atoms with Crippen molar-refractivity contribution in [3.63, 3.8) is 0 Å². The summed E-state index contributed by atoms with van der Waals surface area (Å²) in [6, 6.07) is 18.9. The summed E-state index contributed by atoms with van der Waals surface area (Å²) in [4.78, 5) is 18.4.